The van der Waals surface area contributed by atoms with E-state index in [0.29, 0.717) is 23.3 Å². The maximum absolute atomic E-state index is 11.3. The first-order chi connectivity index (χ1) is 18.1. The van der Waals surface area contributed by atoms with Crippen LogP contribution in [-0.2, 0) is 16.1 Å². The number of nitrogens with two attached hydrogens (primary N) is 1. The number of carboxylic acid groups (broad SMARTS) is 2. The molecule has 0 aliphatic carbocycles. The quantitative estimate of drug-likeness (QED) is 0.252. The predicted molar refractivity (Wildman–Crippen MR) is 146 cm³/mol. The Morgan fingerprint density at radius 2 is 1.74 bits per heavy atom. The van der Waals surface area contributed by atoms with Gasteiger partial charge in [-0.05, 0) is 37.7 Å². The summed E-state index contributed by atoms with van der Waals surface area (Å²) in [5.41, 5.74) is 8.02. The maximum atomic E-state index is 11.3. The molecular formula is C25H37N7O6. The summed E-state index contributed by atoms with van der Waals surface area (Å²) in [4.78, 5) is 58.9. The first kappa shape index (κ1) is 33.6. The van der Waals surface area contributed by atoms with Gasteiger partial charge in [-0.25, -0.2) is 14.8 Å². The minimum Gasteiger partial charge on any atom is -0.481 e. The van der Waals surface area contributed by atoms with Gasteiger partial charge in [-0.1, -0.05) is 27.7 Å². The largest absolute Gasteiger partial charge is 0.481 e. The van der Waals surface area contributed by atoms with Gasteiger partial charge in [0.15, 0.2) is 5.65 Å². The number of hydrogen-bond donors (Lipinski definition) is 5. The van der Waals surface area contributed by atoms with E-state index in [9.17, 15) is 19.2 Å². The van der Waals surface area contributed by atoms with Crippen LogP contribution in [0.1, 0.15) is 56.6 Å². The highest BCUT2D eigenvalue weighted by Gasteiger charge is 2.15. The van der Waals surface area contributed by atoms with Crippen LogP contribution in [0.2, 0.25) is 0 Å². The van der Waals surface area contributed by atoms with Crippen LogP contribution in [0, 0.1) is 0 Å². The van der Waals surface area contributed by atoms with Gasteiger partial charge in [-0.3, -0.25) is 19.4 Å². The molecule has 13 nitrogen and oxygen atoms in total. The molecule has 0 saturated carbocycles. The van der Waals surface area contributed by atoms with Crippen molar-refractivity contribution >= 4 is 40.9 Å². The van der Waals surface area contributed by atoms with Gasteiger partial charge < -0.3 is 26.2 Å². The Morgan fingerprint density at radius 3 is 2.24 bits per heavy atom. The van der Waals surface area contributed by atoms with Crippen molar-refractivity contribution in [3.63, 3.8) is 0 Å². The van der Waals surface area contributed by atoms with Crippen molar-refractivity contribution < 1.29 is 24.6 Å². The molecule has 0 bridgehead atoms. The summed E-state index contributed by atoms with van der Waals surface area (Å²) in [6.07, 6.45) is 2.35. The van der Waals surface area contributed by atoms with Crippen LogP contribution in [0.15, 0.2) is 35.3 Å². The monoisotopic (exact) mass is 531 g/mol. The Balaban J connectivity index is 0.000000774. The van der Waals surface area contributed by atoms with Crippen molar-refractivity contribution in [2.24, 2.45) is 0 Å². The molecule has 0 spiro atoms. The van der Waals surface area contributed by atoms with E-state index in [1.165, 1.54) is 7.05 Å². The summed E-state index contributed by atoms with van der Waals surface area (Å²) >= 11 is 0. The molecule has 2 heterocycles. The zero-order chi connectivity index (χ0) is 29.3. The first-order valence-corrected chi connectivity index (χ1v) is 12.0. The molecule has 0 aliphatic rings. The first-order valence-electron chi connectivity index (χ1n) is 12.0. The Kier molecular flexibility index (Phi) is 15.9. The molecule has 0 aliphatic heterocycles. The summed E-state index contributed by atoms with van der Waals surface area (Å²) in [6, 6.07) is 6.44. The van der Waals surface area contributed by atoms with Crippen LogP contribution >= 0.6 is 0 Å². The number of aromatic nitrogens is 4. The molecule has 1 atom stereocenters. The topological polar surface area (TPSA) is 204 Å². The number of nitrogens with one attached hydrogen (secondary N) is 2. The molecular weight excluding hydrogens is 494 g/mol. The second-order valence-corrected chi connectivity index (χ2v) is 7.17. The molecule has 1 aromatic carbocycles. The van der Waals surface area contributed by atoms with Crippen molar-refractivity contribution in [2.75, 3.05) is 24.7 Å². The lowest BCUT2D eigenvalue weighted by atomic mass is 10.1. The number of carbonyl (C=O) groups is 3. The van der Waals surface area contributed by atoms with Crippen molar-refractivity contribution in [1.82, 2.24) is 25.3 Å². The number of aromatic amines is 1. The van der Waals surface area contributed by atoms with Crippen molar-refractivity contribution in [3.8, 4) is 0 Å². The number of H-pyrrole nitrogens is 1. The summed E-state index contributed by atoms with van der Waals surface area (Å²) < 4.78 is 0. The van der Waals surface area contributed by atoms with Crippen LogP contribution in [0.5, 0.6) is 0 Å². The molecule has 3 rings (SSSR count). The Bertz CT molecular complexity index is 1220. The zero-order valence-electron chi connectivity index (χ0n) is 22.6. The Hall–Kier alpha value is -4.39. The zero-order valence-corrected chi connectivity index (χ0v) is 22.6. The third-order valence-electron chi connectivity index (χ3n) is 4.67. The highest BCUT2D eigenvalue weighted by Crippen LogP contribution is 2.17. The van der Waals surface area contributed by atoms with Gasteiger partial charge in [0.05, 0.1) is 18.4 Å². The third kappa shape index (κ3) is 11.1. The van der Waals surface area contributed by atoms with Gasteiger partial charge in [-0.2, -0.15) is 4.98 Å². The van der Waals surface area contributed by atoms with Crippen LogP contribution in [0.4, 0.5) is 11.5 Å². The fourth-order valence-electron chi connectivity index (χ4n) is 2.86. The molecule has 38 heavy (non-hydrogen) atoms. The third-order valence-corrected chi connectivity index (χ3v) is 4.67. The van der Waals surface area contributed by atoms with Gasteiger partial charge in [0.25, 0.3) is 0 Å². The van der Waals surface area contributed by atoms with Crippen LogP contribution < -0.4 is 21.6 Å². The standard InChI is InChI=1S/C15H14N6O2.C6H11NO4.2C2H6/c1-21(11-4-2-9(8-22)3-5-11)7-10-6-17-14-12(18-10)13(16)19-15(23)20-14;1-7-4(6(10)11)2-3-5(8)9;2*1-2/h2-6,8H,7H2,1H3,(H3,16,17,19,20,23);4,7H,2-3H2,1H3,(H,8,9)(H,10,11);2*1-2H3. The second-order valence-electron chi connectivity index (χ2n) is 7.17. The average Bonchev–Trinajstić information content (AvgIpc) is 2.91. The molecule has 6 N–H and O–H groups in total. The Labute approximate surface area is 221 Å². The smallest absolute Gasteiger partial charge is 0.348 e. The van der Waals surface area contributed by atoms with Crippen LogP contribution in [0.25, 0.3) is 11.2 Å². The number of benzene rings is 1. The lowest BCUT2D eigenvalue weighted by Crippen LogP contribution is -2.34. The number of anilines is 2. The molecule has 1 unspecified atom stereocenters. The summed E-state index contributed by atoms with van der Waals surface area (Å²) in [7, 11) is 3.39. The van der Waals surface area contributed by atoms with E-state index in [0.717, 1.165) is 12.0 Å². The fraction of sp³-hybridized carbons (Fsp3) is 0.400. The number of rotatable bonds is 9. The molecule has 208 valence electrons. The van der Waals surface area contributed by atoms with E-state index in [2.05, 4.69) is 25.3 Å². The highest BCUT2D eigenvalue weighted by atomic mass is 16.4. The number of carbonyl (C=O) groups excluding carboxylic acids is 1. The average molecular weight is 532 g/mol. The number of aldehydes is 1. The van der Waals surface area contributed by atoms with E-state index in [1.807, 2.05) is 51.8 Å². The number of fused-ring (bicyclic) bond motifs is 1. The lowest BCUT2D eigenvalue weighted by Gasteiger charge is -2.18. The van der Waals surface area contributed by atoms with Gasteiger partial charge in [0.2, 0.25) is 0 Å². The highest BCUT2D eigenvalue weighted by molar-refractivity contribution is 5.80. The lowest BCUT2D eigenvalue weighted by molar-refractivity contribution is -0.140. The number of nitrogen functional groups attached to an aromatic ring is 1. The number of likely N-dealkylation sites (N-methyl/N-ethyl adjacent to an activating group) is 1. The SMILES string of the molecule is CC.CC.CN(Cc1cnc2nc(=O)[nH]c(N)c2n1)c1ccc(C=O)cc1.CNC(CCC(=O)O)C(=O)O. The molecule has 0 fully saturated rings. The summed E-state index contributed by atoms with van der Waals surface area (Å²) in [5, 5.41) is 19.1. The minimum absolute atomic E-state index is 0.112. The Morgan fingerprint density at radius 1 is 1.13 bits per heavy atom. The van der Waals surface area contributed by atoms with E-state index < -0.39 is 23.7 Å². The van der Waals surface area contributed by atoms with Crippen LogP contribution in [-0.4, -0.2) is 68.5 Å². The molecule has 0 amide bonds. The molecule has 3 aromatic rings. The van der Waals surface area contributed by atoms with E-state index in [1.54, 1.807) is 18.3 Å². The number of carboxylic acids is 2. The van der Waals surface area contributed by atoms with E-state index in [-0.39, 0.29) is 24.3 Å². The van der Waals surface area contributed by atoms with Gasteiger partial charge in [0, 0.05) is 24.7 Å². The van der Waals surface area contributed by atoms with Gasteiger partial charge in [0.1, 0.15) is 23.7 Å². The summed E-state index contributed by atoms with van der Waals surface area (Å²) in [5.74, 6) is -1.85. The number of hydrogen-bond acceptors (Lipinski definition) is 10. The molecule has 13 heteroatoms. The summed E-state index contributed by atoms with van der Waals surface area (Å²) in [6.45, 7) is 8.49. The van der Waals surface area contributed by atoms with Gasteiger partial charge in [-0.15, -0.1) is 0 Å². The van der Waals surface area contributed by atoms with E-state index >= 15 is 0 Å². The van der Waals surface area contributed by atoms with Crippen molar-refractivity contribution in [3.05, 3.63) is 52.2 Å². The van der Waals surface area contributed by atoms with Crippen molar-refractivity contribution in [2.45, 2.75) is 53.1 Å². The van der Waals surface area contributed by atoms with Crippen molar-refractivity contribution in [1.29, 1.82) is 0 Å². The normalized spacial score (nSPS) is 10.4. The molecule has 0 saturated heterocycles. The van der Waals surface area contributed by atoms with Crippen LogP contribution in [0.3, 0.4) is 0 Å². The fourth-order valence-corrected chi connectivity index (χ4v) is 2.86. The van der Waals surface area contributed by atoms with E-state index in [4.69, 9.17) is 15.9 Å². The number of aliphatic carboxylic acids is 2. The predicted octanol–water partition coefficient (Wildman–Crippen LogP) is 2.32. The second kappa shape index (κ2) is 17.9. The number of nitrogens with zero attached hydrogens (tertiary/aromatic N) is 4. The minimum atomic E-state index is -1.02. The molecule has 2 aromatic heterocycles. The molecule has 0 radical (unpaired) electrons. The maximum Gasteiger partial charge on any atom is 0.348 e. The van der Waals surface area contributed by atoms with Gasteiger partial charge >= 0.3 is 17.6 Å².